The summed E-state index contributed by atoms with van der Waals surface area (Å²) in [6.07, 6.45) is 4.26. The number of piperidine rings is 2. The number of imidazole rings is 2. The molecule has 460 valence electrons. The largest absolute Gasteiger partial charge is 0.400 e. The van der Waals surface area contributed by atoms with Crippen LogP contribution in [-0.2, 0) is 9.47 Å². The summed E-state index contributed by atoms with van der Waals surface area (Å²) in [6, 6.07) is 14.4. The lowest BCUT2D eigenvalue weighted by Crippen LogP contribution is -2.44. The lowest BCUT2D eigenvalue weighted by Gasteiger charge is -2.34. The number of nitrogens with one attached hydrogen (secondary N) is 3. The van der Waals surface area contributed by atoms with E-state index in [9.17, 15) is 8.78 Å². The van der Waals surface area contributed by atoms with E-state index in [1.54, 1.807) is 26.2 Å². The van der Waals surface area contributed by atoms with Gasteiger partial charge in [-0.05, 0) is 125 Å². The number of likely N-dealkylation sites (tertiary alicyclic amines) is 1. The number of hydrogen-bond acceptors (Lipinski definition) is 18. The van der Waals surface area contributed by atoms with Gasteiger partial charge in [0.05, 0.1) is 95.4 Å². The van der Waals surface area contributed by atoms with Crippen LogP contribution in [0.5, 0.6) is 0 Å². The number of ether oxygens (including phenoxy) is 2. The van der Waals surface area contributed by atoms with Gasteiger partial charge in [0.25, 0.3) is 0 Å². The van der Waals surface area contributed by atoms with Gasteiger partial charge in [0.1, 0.15) is 23.3 Å². The van der Waals surface area contributed by atoms with E-state index in [4.69, 9.17) is 85.5 Å². The van der Waals surface area contributed by atoms with E-state index in [1.807, 2.05) is 16.1 Å². The van der Waals surface area contributed by atoms with Gasteiger partial charge in [-0.1, -0.05) is 0 Å². The van der Waals surface area contributed by atoms with E-state index >= 15 is 0 Å². The van der Waals surface area contributed by atoms with Crippen molar-refractivity contribution >= 4 is 45.6 Å². The second-order valence-electron chi connectivity index (χ2n) is 20.9. The fourth-order valence-electron chi connectivity index (χ4n) is 11.6. The zero-order valence-corrected chi connectivity index (χ0v) is 48.5. The average molecular weight is 1170 g/mol. The minimum Gasteiger partial charge on any atom is -0.400 e. The second-order valence-corrected chi connectivity index (χ2v) is 20.9. The molecule has 0 spiro atoms. The zero-order chi connectivity index (χ0) is 81.6. The minimum atomic E-state index is -0.334. The van der Waals surface area contributed by atoms with Crippen LogP contribution in [0.25, 0.3) is 56.5 Å². The van der Waals surface area contributed by atoms with Crippen molar-refractivity contribution in [2.75, 3.05) is 121 Å². The van der Waals surface area contributed by atoms with Crippen LogP contribution in [0.3, 0.4) is 0 Å². The van der Waals surface area contributed by atoms with E-state index in [-0.39, 0.29) is 25.1 Å². The number of fused-ring (bicyclic) bond motifs is 2. The Morgan fingerprint density at radius 3 is 1.42 bits per heavy atom. The van der Waals surface area contributed by atoms with Gasteiger partial charge in [-0.3, -0.25) is 9.36 Å². The molecule has 5 N–H and O–H groups in total. The minimum absolute atomic E-state index is 0. The number of aliphatic hydroxyl groups is 2. The molecule has 12 rings (SSSR count). The van der Waals surface area contributed by atoms with Gasteiger partial charge in [-0.25, -0.2) is 37.9 Å². The number of morpholine rings is 2. The molecule has 4 aliphatic heterocycles. The maximum Gasteiger partial charge on any atom is 0.239 e. The number of aromatic nitrogens is 12. The van der Waals surface area contributed by atoms with Gasteiger partial charge in [0.15, 0.2) is 0 Å². The quantitative estimate of drug-likeness (QED) is 0.0858. The summed E-state index contributed by atoms with van der Waals surface area (Å²) in [5.41, 5.74) is 10.3. The van der Waals surface area contributed by atoms with Gasteiger partial charge >= 0.3 is 0 Å². The Kier molecular flexibility index (Phi) is 14.1. The topological polar surface area (TPSA) is 228 Å². The maximum absolute atomic E-state index is 14.1. The van der Waals surface area contributed by atoms with Crippen molar-refractivity contribution in [3.8, 4) is 34.4 Å². The van der Waals surface area contributed by atoms with Gasteiger partial charge < -0.3 is 50.3 Å². The average Bonchev–Trinajstić information content (AvgIpc) is 1.58. The van der Waals surface area contributed by atoms with Crippen LogP contribution < -0.4 is 25.8 Å². The molecule has 2 atom stereocenters. The molecule has 0 saturated carbocycles. The molecular weight excluding hydrogens is 1040 g/mol. The number of aliphatic hydroxyl groups excluding tert-OH is 2. The lowest BCUT2D eigenvalue weighted by atomic mass is 10.0. The van der Waals surface area contributed by atoms with Crippen molar-refractivity contribution in [1.82, 2.24) is 68.8 Å². The molecule has 22 nitrogen and oxygen atoms in total. The smallest absolute Gasteiger partial charge is 0.239 e. The lowest BCUT2D eigenvalue weighted by molar-refractivity contribution is 0.0985. The molecule has 81 heavy (non-hydrogen) atoms. The Hall–Kier alpha value is -7.22. The Morgan fingerprint density at radius 2 is 1.01 bits per heavy atom. The number of hydrogen-bond donors (Lipinski definition) is 5. The summed E-state index contributed by atoms with van der Waals surface area (Å²) in [5.74, 6) is 3.02. The molecule has 0 aliphatic carbocycles. The molecule has 0 amide bonds. The van der Waals surface area contributed by atoms with Crippen LogP contribution in [0.1, 0.15) is 111 Å². The monoisotopic (exact) mass is 1170 g/mol. The summed E-state index contributed by atoms with van der Waals surface area (Å²) < 4.78 is 168. The summed E-state index contributed by atoms with van der Waals surface area (Å²) in [4.78, 5) is 36.4. The van der Waals surface area contributed by atoms with Crippen LogP contribution in [0, 0.1) is 39.3 Å². The maximum atomic E-state index is 14.1. The second kappa shape index (κ2) is 25.7. The first-order chi connectivity index (χ1) is 51.3. The molecule has 0 radical (unpaired) electrons. The van der Waals surface area contributed by atoms with E-state index in [0.29, 0.717) is 73.3 Å². The number of rotatable bonds is 10. The third-order valence-corrected chi connectivity index (χ3v) is 15.7. The SMILES string of the molecule is CNc1nc2cc(F)ccc2n1-c1nc(-c2c(C)nn(C3CCN(C)CC3)c2C)cc(N2CCOC[C@H]2C)n1.CNc1nc2cc(F)ccc2n1-c1nc(-c2c(C)nn(C3CCNCC3)c2C)cc(N2CCOC[C@H]2C)n1.CO.CO.[2HH].[2H][2H].[2H][2H].[2H][2H].[2H][2H].[2H][2H].[2H][2H].[2H][2H].[2H][2H].[2H][2H].[2H][2H].[2H][2H].[2H][2H]. The van der Waals surface area contributed by atoms with Crippen molar-refractivity contribution < 1.29 is 65.5 Å². The third-order valence-electron chi connectivity index (χ3n) is 15.7. The zero-order valence-electron chi connectivity index (χ0n) is 72.5. The number of anilines is 4. The third kappa shape index (κ3) is 11.9. The molecule has 4 fully saturated rings. The molecule has 24 heteroatoms. The molecule has 4 saturated heterocycles. The molecular formula is C57H104F2N18O4. The predicted octanol–water partition coefficient (Wildman–Crippen LogP) is 10.0. The summed E-state index contributed by atoms with van der Waals surface area (Å²) in [5, 5.41) is 33.7. The molecule has 2 aromatic carbocycles. The van der Waals surface area contributed by atoms with Crippen molar-refractivity contribution in [3.63, 3.8) is 0 Å². The predicted molar refractivity (Wildman–Crippen MR) is 340 cm³/mol. The van der Waals surface area contributed by atoms with E-state index in [0.717, 1.165) is 147 Å². The highest BCUT2D eigenvalue weighted by Crippen LogP contribution is 2.37. The normalized spacial score (nSPS) is 19.4. The number of halogens is 2. The van der Waals surface area contributed by atoms with Crippen molar-refractivity contribution in [3.05, 3.63) is 82.9 Å². The van der Waals surface area contributed by atoms with E-state index in [2.05, 4.69) is 104 Å². The molecule has 0 bridgehead atoms. The Bertz CT molecular complexity index is 3520. The fourth-order valence-corrected chi connectivity index (χ4v) is 11.6. The first-order valence-corrected chi connectivity index (χ1v) is 27.9. The van der Waals surface area contributed by atoms with Crippen LogP contribution in [0.4, 0.5) is 32.3 Å². The summed E-state index contributed by atoms with van der Waals surface area (Å²) >= 11 is 0. The molecule has 0 unspecified atom stereocenters. The molecule has 8 aromatic rings. The summed E-state index contributed by atoms with van der Waals surface area (Å²) in [6.45, 7) is 20.8. The van der Waals surface area contributed by atoms with Gasteiger partial charge in [0.2, 0.25) is 23.8 Å². The van der Waals surface area contributed by atoms with Gasteiger partial charge in [-0.2, -0.15) is 20.2 Å². The van der Waals surface area contributed by atoms with E-state index in [1.165, 1.54) is 24.3 Å². The van der Waals surface area contributed by atoms with E-state index < -0.39 is 0 Å². The molecule has 4 aliphatic rings. The molecule has 6 aromatic heterocycles. The highest BCUT2D eigenvalue weighted by Gasteiger charge is 2.30. The Balaban J connectivity index is -0.000000479. The van der Waals surface area contributed by atoms with Crippen LogP contribution in [-0.4, -0.2) is 187 Å². The number of nitrogens with zero attached hydrogens (tertiary/aromatic N) is 15. The first kappa shape index (κ1) is 44.4. The number of benzene rings is 2. The van der Waals surface area contributed by atoms with Crippen LogP contribution >= 0.6 is 0 Å². The Morgan fingerprint density at radius 1 is 0.593 bits per heavy atom. The standard InChI is InChI=1S/C28H36FN9O.C27H34FN9O.2CH4O.13H2/c1-17-16-39-13-12-36(17)25-15-23(26-18(2)34-38(19(26)3)21-8-10-35(5)11-9-21)32-28(33-25)37-24-7-6-20(29)14-22(24)31-27(37)30-4;1-16-15-38-12-11-35(16)24-14-22(25-17(2)34-37(18(25)3)20-7-9-30-10-8-20)32-27(33-24)36-23-6-5-19(28)13-21(23)31-26(36)29-4;2*1-2;;;;;;;;;;;;;/h6-7,14-15,17,21H,8-13,16H2,1-5H3,(H,30,31);5-6,13-14,16,20,30H,7-12,15H2,1-4H3,(H,29,31);2*2H,1H3;13*1H/t17-;16-;;;;;;;;;;;;;;;/m11.............../s1/i;;;;12*1+1D;1+1. The van der Waals surface area contributed by atoms with Crippen molar-refractivity contribution in [2.24, 2.45) is 0 Å². The van der Waals surface area contributed by atoms with Gasteiger partial charge in [0, 0.05) is 125 Å². The first-order valence-electron chi connectivity index (χ1n) is 39.9. The van der Waals surface area contributed by atoms with Crippen molar-refractivity contribution in [2.45, 2.75) is 91.4 Å². The fraction of sp³-hybridized carbons (Fsp3) is 0.509. The van der Waals surface area contributed by atoms with Crippen LogP contribution in [0.15, 0.2) is 48.5 Å². The van der Waals surface area contributed by atoms with Gasteiger partial charge in [-0.15, -0.1) is 0 Å². The number of aryl methyl sites for hydroxylation is 2. The van der Waals surface area contributed by atoms with Crippen LogP contribution in [0.2, 0.25) is 0 Å². The van der Waals surface area contributed by atoms with Crippen molar-refractivity contribution in [1.29, 1.82) is 0 Å². The highest BCUT2D eigenvalue weighted by molar-refractivity contribution is 5.82. The highest BCUT2D eigenvalue weighted by atomic mass is 19.1. The Labute approximate surface area is 510 Å². The summed E-state index contributed by atoms with van der Waals surface area (Å²) in [7, 11) is 7.76. The molecule has 10 heterocycles.